The van der Waals surface area contributed by atoms with Gasteiger partial charge in [0.25, 0.3) is 0 Å². The molecule has 1 aromatic carbocycles. The summed E-state index contributed by atoms with van der Waals surface area (Å²) < 4.78 is 25.9. The van der Waals surface area contributed by atoms with Crippen molar-refractivity contribution in [2.75, 3.05) is 7.11 Å². The summed E-state index contributed by atoms with van der Waals surface area (Å²) in [6.07, 6.45) is 13.7. The molecule has 1 aromatic rings. The van der Waals surface area contributed by atoms with Crippen molar-refractivity contribution >= 4 is 29.3 Å². The molecule has 4 bridgehead atoms. The highest BCUT2D eigenvalue weighted by Crippen LogP contribution is 2.68. The molecule has 10 heteroatoms. The number of nitrogens with zero attached hydrogens (tertiary/aromatic N) is 3. The number of allylic oxidation sites excluding steroid dienone is 5. The molecule has 10 nitrogen and oxygen atoms in total. The van der Waals surface area contributed by atoms with E-state index in [0.29, 0.717) is 47.3 Å². The molecule has 1 spiro atoms. The van der Waals surface area contributed by atoms with Gasteiger partial charge in [-0.25, -0.2) is 4.79 Å². The zero-order chi connectivity index (χ0) is 35.7. The Morgan fingerprint density at radius 3 is 2.43 bits per heavy atom. The van der Waals surface area contributed by atoms with Crippen LogP contribution in [0.1, 0.15) is 103 Å². The maximum Gasteiger partial charge on any atom is 0.333 e. The van der Waals surface area contributed by atoms with Crippen LogP contribution in [0, 0.1) is 11.8 Å². The van der Waals surface area contributed by atoms with Crippen LogP contribution in [0.4, 0.5) is 5.69 Å². The van der Waals surface area contributed by atoms with E-state index >= 15 is 4.79 Å². The first-order valence-electron chi connectivity index (χ1n) is 16.9. The van der Waals surface area contributed by atoms with E-state index in [-0.39, 0.29) is 40.9 Å². The normalized spacial score (nSPS) is 29.7. The van der Waals surface area contributed by atoms with Crippen LogP contribution in [0.15, 0.2) is 57.8 Å². The van der Waals surface area contributed by atoms with Gasteiger partial charge >= 0.3 is 5.97 Å². The first-order chi connectivity index (χ1) is 23.1. The average Bonchev–Trinajstić information content (AvgIpc) is 3.19. The highest BCUT2D eigenvalue weighted by Gasteiger charge is 2.81. The van der Waals surface area contributed by atoms with Gasteiger partial charge in [0.05, 0.1) is 24.0 Å². The Balaban J connectivity index is 1.63. The molecule has 1 saturated heterocycles. The number of ketones is 2. The minimum Gasteiger partial charge on any atom is -0.482 e. The highest BCUT2D eigenvalue weighted by atomic mass is 16.6. The van der Waals surface area contributed by atoms with Gasteiger partial charge in [-0.2, -0.15) is 0 Å². The topological polar surface area (TPSA) is 137 Å². The van der Waals surface area contributed by atoms with E-state index in [2.05, 4.69) is 29.9 Å². The summed E-state index contributed by atoms with van der Waals surface area (Å²) in [5.74, 6) is -1.32. The number of esters is 1. The van der Waals surface area contributed by atoms with E-state index in [9.17, 15) is 15.1 Å². The molecule has 1 saturated carbocycles. The van der Waals surface area contributed by atoms with Crippen LogP contribution in [0.5, 0.6) is 11.5 Å². The number of benzene rings is 1. The third-order valence-corrected chi connectivity index (χ3v) is 10.8. The third kappa shape index (κ3) is 5.10. The van der Waals surface area contributed by atoms with Gasteiger partial charge in [0.1, 0.15) is 17.1 Å². The van der Waals surface area contributed by atoms with Crippen LogP contribution in [-0.4, -0.2) is 47.0 Å². The Labute approximate surface area is 287 Å². The van der Waals surface area contributed by atoms with Crippen LogP contribution in [-0.2, 0) is 25.5 Å². The predicted molar refractivity (Wildman–Crippen MR) is 186 cm³/mol. The van der Waals surface area contributed by atoms with Gasteiger partial charge in [0.2, 0.25) is 0 Å². The first-order valence-corrected chi connectivity index (χ1v) is 16.9. The molecule has 0 amide bonds. The molecule has 0 aromatic heterocycles. The minimum absolute atomic E-state index is 0.00225. The Bertz CT molecular complexity index is 1880. The zero-order valence-electron chi connectivity index (χ0n) is 29.9. The lowest BCUT2D eigenvalue weighted by atomic mass is 9.51. The van der Waals surface area contributed by atoms with Crippen molar-refractivity contribution in [1.29, 1.82) is 0 Å². The quantitative estimate of drug-likeness (QED) is 0.0642. The molecule has 258 valence electrons. The van der Waals surface area contributed by atoms with E-state index in [1.807, 2.05) is 52.8 Å². The summed E-state index contributed by atoms with van der Waals surface area (Å²) in [5.41, 5.74) is 9.48. The Kier molecular flexibility index (Phi) is 8.36. The molecule has 3 aliphatic heterocycles. The van der Waals surface area contributed by atoms with Crippen LogP contribution >= 0.6 is 0 Å². The SMILES string of the molecule is COC(=O)/C(C)=C\CC12OC(C)(C)C3CC(C=C4C(=O)c5c(N=[N+]=[N-])c6c(c(CC=C(C)C)c5OC431)OC(C)(CCC=C(C)C)C=C6)C2=O. The summed E-state index contributed by atoms with van der Waals surface area (Å²) in [5, 5.41) is 4.09. The maximum atomic E-state index is 15.0. The largest absolute Gasteiger partial charge is 0.482 e. The summed E-state index contributed by atoms with van der Waals surface area (Å²) >= 11 is 0. The van der Waals surface area contributed by atoms with Gasteiger partial charge in [0.15, 0.2) is 22.8 Å². The second-order valence-electron chi connectivity index (χ2n) is 15.1. The number of rotatable bonds is 9. The Morgan fingerprint density at radius 2 is 1.78 bits per heavy atom. The van der Waals surface area contributed by atoms with E-state index in [1.165, 1.54) is 12.7 Å². The van der Waals surface area contributed by atoms with E-state index in [4.69, 9.17) is 18.9 Å². The number of fused-ring (bicyclic) bond motifs is 2. The second-order valence-corrected chi connectivity index (χ2v) is 15.1. The zero-order valence-corrected chi connectivity index (χ0v) is 29.9. The van der Waals surface area contributed by atoms with Crippen LogP contribution in [0.2, 0.25) is 0 Å². The standard InChI is InChI=1S/C39H45N3O7/c1-21(2)11-10-16-37(8)17-15-25-30(41-42-40)29-31(43)27-19-24-20-28-36(6,7)49-38(34(24)44,18-14-23(5)35(45)46-9)39(27,28)48-33(29)26(32(25)47-37)13-12-22(3)4/h11-12,14-15,17,19,24,28H,10,13,16,18,20H2,1-9H3/b23-14-. The molecule has 6 aliphatic rings. The lowest BCUT2D eigenvalue weighted by Gasteiger charge is -2.56. The van der Waals surface area contributed by atoms with E-state index in [0.717, 1.165) is 12.0 Å². The fourth-order valence-electron chi connectivity index (χ4n) is 8.48. The van der Waals surface area contributed by atoms with Gasteiger partial charge in [-0.15, -0.1) is 0 Å². The highest BCUT2D eigenvalue weighted by molar-refractivity contribution is 6.20. The molecular weight excluding hydrogens is 622 g/mol. The fourth-order valence-corrected chi connectivity index (χ4v) is 8.48. The Morgan fingerprint density at radius 1 is 1.06 bits per heavy atom. The van der Waals surface area contributed by atoms with E-state index in [1.54, 1.807) is 19.1 Å². The van der Waals surface area contributed by atoms with Crippen molar-refractivity contribution in [3.05, 3.63) is 79.8 Å². The molecule has 7 rings (SSSR count). The molecule has 0 radical (unpaired) electrons. The van der Waals surface area contributed by atoms with Crippen LogP contribution < -0.4 is 9.47 Å². The molecule has 5 atom stereocenters. The van der Waals surface area contributed by atoms with E-state index < -0.39 is 34.3 Å². The van der Waals surface area contributed by atoms with Crippen LogP contribution in [0.3, 0.4) is 0 Å². The summed E-state index contributed by atoms with van der Waals surface area (Å²) in [4.78, 5) is 45.1. The van der Waals surface area contributed by atoms with Crippen molar-refractivity contribution in [2.24, 2.45) is 17.0 Å². The molecule has 49 heavy (non-hydrogen) atoms. The Hall–Kier alpha value is -4.40. The average molecular weight is 668 g/mol. The van der Waals surface area contributed by atoms with Crippen molar-refractivity contribution < 1.29 is 33.3 Å². The fraction of sp³-hybridized carbons (Fsp3) is 0.513. The van der Waals surface area contributed by atoms with Gasteiger partial charge in [-0.05, 0) is 92.7 Å². The summed E-state index contributed by atoms with van der Waals surface area (Å²) in [7, 11) is 1.30. The van der Waals surface area contributed by atoms with Crippen LogP contribution in [0.25, 0.3) is 16.5 Å². The first kappa shape index (κ1) is 34.5. The lowest BCUT2D eigenvalue weighted by molar-refractivity contribution is -0.171. The molecule has 0 N–H and O–H groups in total. The lowest BCUT2D eigenvalue weighted by Crippen LogP contribution is -2.72. The minimum atomic E-state index is -1.60. The van der Waals surface area contributed by atoms with Crippen molar-refractivity contribution in [2.45, 2.75) is 110 Å². The second kappa shape index (κ2) is 11.9. The van der Waals surface area contributed by atoms with Gasteiger partial charge in [0, 0.05) is 45.4 Å². The molecule has 2 fully saturated rings. The number of azide groups is 1. The van der Waals surface area contributed by atoms with Gasteiger partial charge < -0.3 is 18.9 Å². The molecule has 3 aliphatic carbocycles. The monoisotopic (exact) mass is 667 g/mol. The molecule has 5 unspecified atom stereocenters. The number of methoxy groups -OCH3 is 1. The summed E-state index contributed by atoms with van der Waals surface area (Å²) in [6, 6.07) is 0. The number of Topliss-reactive ketones (excluding diaryl/α,β-unsaturated/α-hetero) is 2. The number of hydrogen-bond donors (Lipinski definition) is 0. The molecular formula is C39H45N3O7. The number of ether oxygens (including phenoxy) is 4. The predicted octanol–water partition coefficient (Wildman–Crippen LogP) is 8.56. The summed E-state index contributed by atoms with van der Waals surface area (Å²) in [6.45, 7) is 15.6. The number of hydrogen-bond acceptors (Lipinski definition) is 8. The van der Waals surface area contributed by atoms with Crippen molar-refractivity contribution in [3.8, 4) is 11.5 Å². The number of carbonyl (C=O) groups is 3. The maximum absolute atomic E-state index is 15.0. The van der Waals surface area contributed by atoms with Crippen molar-refractivity contribution in [1.82, 2.24) is 0 Å². The third-order valence-electron chi connectivity index (χ3n) is 10.8. The molecule has 3 heterocycles. The smallest absolute Gasteiger partial charge is 0.333 e. The van der Waals surface area contributed by atoms with Gasteiger partial charge in [-0.1, -0.05) is 46.6 Å². The van der Waals surface area contributed by atoms with Gasteiger partial charge in [-0.3, -0.25) is 9.59 Å². The van der Waals surface area contributed by atoms with Crippen molar-refractivity contribution in [3.63, 3.8) is 0 Å². The number of carbonyl (C=O) groups excluding carboxylic acids is 3.